The van der Waals surface area contributed by atoms with Crippen molar-refractivity contribution in [3.05, 3.63) is 35.6 Å². The summed E-state index contributed by atoms with van der Waals surface area (Å²) >= 11 is 0. The van der Waals surface area contributed by atoms with Crippen LogP contribution in [0.4, 0.5) is 4.39 Å². The number of benzene rings is 1. The smallest absolute Gasteiger partial charge is 0.258 e. The van der Waals surface area contributed by atoms with Crippen molar-refractivity contribution in [2.75, 3.05) is 13.1 Å². The minimum Gasteiger partial charge on any atom is -0.314 e. The number of nitrogens with zero attached hydrogens (tertiary/aromatic N) is 2. The number of hydrogen-bond donors (Lipinski definition) is 0. The van der Waals surface area contributed by atoms with Crippen molar-refractivity contribution in [3.8, 4) is 18.4 Å². The van der Waals surface area contributed by atoms with E-state index < -0.39 is 11.7 Å². The molecule has 0 aliphatic heterocycles. The van der Waals surface area contributed by atoms with Crippen LogP contribution in [0.3, 0.4) is 0 Å². The normalized spacial score (nSPS) is 8.94. The fourth-order valence-electron chi connectivity index (χ4n) is 1.20. The average Bonchev–Trinajstić information content (AvgIpc) is 2.28. The molecule has 80 valence electrons. The Labute approximate surface area is 93.1 Å². The van der Waals surface area contributed by atoms with Gasteiger partial charge in [-0.05, 0) is 12.1 Å². The number of carbonyl (C=O) groups excluding carboxylic acids is 1. The molecule has 0 radical (unpaired) electrons. The lowest BCUT2D eigenvalue weighted by Crippen LogP contribution is -2.32. The van der Waals surface area contributed by atoms with Crippen LogP contribution >= 0.6 is 0 Å². The van der Waals surface area contributed by atoms with Gasteiger partial charge < -0.3 is 4.90 Å². The van der Waals surface area contributed by atoms with E-state index >= 15 is 0 Å². The Kier molecular flexibility index (Phi) is 4.06. The molecule has 1 aromatic rings. The minimum atomic E-state index is -0.618. The molecule has 0 N–H and O–H groups in total. The van der Waals surface area contributed by atoms with Crippen LogP contribution < -0.4 is 0 Å². The standard InChI is InChI=1S/C12H9FN2O/c1-2-8-15(9-7-14)12(16)10-5-3-4-6-11(10)13/h1,3-6H,8-9H2. The Balaban J connectivity index is 2.96. The fourth-order valence-corrected chi connectivity index (χ4v) is 1.20. The summed E-state index contributed by atoms with van der Waals surface area (Å²) < 4.78 is 13.3. The predicted molar refractivity (Wildman–Crippen MR) is 56.7 cm³/mol. The molecule has 0 bridgehead atoms. The third-order valence-electron chi connectivity index (χ3n) is 1.94. The van der Waals surface area contributed by atoms with E-state index in [0.29, 0.717) is 0 Å². The molecule has 0 saturated carbocycles. The van der Waals surface area contributed by atoms with Crippen molar-refractivity contribution in [1.29, 1.82) is 5.26 Å². The number of terminal acetylenes is 1. The van der Waals surface area contributed by atoms with Crippen LogP contribution in [0.5, 0.6) is 0 Å². The third-order valence-corrected chi connectivity index (χ3v) is 1.94. The second-order valence-corrected chi connectivity index (χ2v) is 3.00. The maximum Gasteiger partial charge on any atom is 0.258 e. The molecule has 0 heterocycles. The van der Waals surface area contributed by atoms with E-state index in [2.05, 4.69) is 5.92 Å². The van der Waals surface area contributed by atoms with Gasteiger partial charge in [0.05, 0.1) is 18.2 Å². The van der Waals surface area contributed by atoms with E-state index in [1.807, 2.05) is 6.07 Å². The van der Waals surface area contributed by atoms with Gasteiger partial charge in [-0.15, -0.1) is 6.42 Å². The van der Waals surface area contributed by atoms with Gasteiger partial charge in [-0.1, -0.05) is 18.1 Å². The third kappa shape index (κ3) is 2.59. The Morgan fingerprint density at radius 1 is 1.44 bits per heavy atom. The van der Waals surface area contributed by atoms with E-state index in [-0.39, 0.29) is 18.7 Å². The van der Waals surface area contributed by atoms with Crippen molar-refractivity contribution in [3.63, 3.8) is 0 Å². The maximum absolute atomic E-state index is 13.3. The van der Waals surface area contributed by atoms with Crippen LogP contribution in [-0.2, 0) is 0 Å². The number of hydrogen-bond acceptors (Lipinski definition) is 2. The summed E-state index contributed by atoms with van der Waals surface area (Å²) in [5, 5.41) is 8.52. The molecular weight excluding hydrogens is 207 g/mol. The molecular formula is C12H9FN2O. The van der Waals surface area contributed by atoms with Crippen LogP contribution in [0.2, 0.25) is 0 Å². The van der Waals surface area contributed by atoms with Crippen LogP contribution in [0.1, 0.15) is 10.4 Å². The van der Waals surface area contributed by atoms with Crippen LogP contribution in [0.25, 0.3) is 0 Å². The topological polar surface area (TPSA) is 44.1 Å². The summed E-state index contributed by atoms with van der Waals surface area (Å²) in [5.74, 6) is 1.06. The first-order valence-electron chi connectivity index (χ1n) is 4.55. The first-order valence-corrected chi connectivity index (χ1v) is 4.55. The molecule has 1 aromatic carbocycles. The molecule has 0 aromatic heterocycles. The lowest BCUT2D eigenvalue weighted by Gasteiger charge is -2.16. The molecule has 0 atom stereocenters. The van der Waals surface area contributed by atoms with Gasteiger partial charge >= 0.3 is 0 Å². The minimum absolute atomic E-state index is 0.0132. The van der Waals surface area contributed by atoms with Crippen LogP contribution in [-0.4, -0.2) is 23.9 Å². The zero-order chi connectivity index (χ0) is 12.0. The number of rotatable bonds is 3. The highest BCUT2D eigenvalue weighted by Gasteiger charge is 2.17. The van der Waals surface area contributed by atoms with Gasteiger partial charge in [-0.2, -0.15) is 5.26 Å². The number of amides is 1. The number of halogens is 1. The largest absolute Gasteiger partial charge is 0.314 e. The van der Waals surface area contributed by atoms with Gasteiger partial charge in [0, 0.05) is 0 Å². The second-order valence-electron chi connectivity index (χ2n) is 3.00. The first-order chi connectivity index (χ1) is 7.70. The van der Waals surface area contributed by atoms with Gasteiger partial charge in [-0.25, -0.2) is 4.39 Å². The highest BCUT2D eigenvalue weighted by molar-refractivity contribution is 5.94. The van der Waals surface area contributed by atoms with E-state index in [4.69, 9.17) is 11.7 Å². The van der Waals surface area contributed by atoms with Crippen molar-refractivity contribution < 1.29 is 9.18 Å². The molecule has 16 heavy (non-hydrogen) atoms. The Hall–Kier alpha value is -2.33. The van der Waals surface area contributed by atoms with E-state index in [1.165, 1.54) is 18.2 Å². The van der Waals surface area contributed by atoms with Gasteiger partial charge in [0.15, 0.2) is 0 Å². The highest BCUT2D eigenvalue weighted by atomic mass is 19.1. The fraction of sp³-hybridized carbons (Fsp3) is 0.167. The number of carbonyl (C=O) groups is 1. The molecule has 0 fully saturated rings. The van der Waals surface area contributed by atoms with Crippen LogP contribution in [0.15, 0.2) is 24.3 Å². The van der Waals surface area contributed by atoms with Gasteiger partial charge in [0.1, 0.15) is 12.4 Å². The molecule has 1 rings (SSSR count). The summed E-state index contributed by atoms with van der Waals surface area (Å²) in [7, 11) is 0. The first kappa shape index (κ1) is 11.7. The molecule has 0 aliphatic carbocycles. The van der Waals surface area contributed by atoms with Crippen LogP contribution in [0, 0.1) is 29.5 Å². The number of nitriles is 1. The SMILES string of the molecule is C#CCN(CC#N)C(=O)c1ccccc1F. The molecule has 4 heteroatoms. The summed E-state index contributed by atoms with van der Waals surface area (Å²) in [6.07, 6.45) is 5.07. The molecule has 0 spiro atoms. The van der Waals surface area contributed by atoms with E-state index in [1.54, 1.807) is 6.07 Å². The Morgan fingerprint density at radius 3 is 2.69 bits per heavy atom. The van der Waals surface area contributed by atoms with E-state index in [0.717, 1.165) is 4.90 Å². The van der Waals surface area contributed by atoms with Gasteiger partial charge in [0.2, 0.25) is 0 Å². The van der Waals surface area contributed by atoms with Crippen molar-refractivity contribution in [2.24, 2.45) is 0 Å². The van der Waals surface area contributed by atoms with Gasteiger partial charge in [-0.3, -0.25) is 4.79 Å². The maximum atomic E-state index is 13.3. The zero-order valence-electron chi connectivity index (χ0n) is 8.48. The summed E-state index contributed by atoms with van der Waals surface area (Å²) in [6, 6.07) is 7.40. The van der Waals surface area contributed by atoms with E-state index in [9.17, 15) is 9.18 Å². The Morgan fingerprint density at radius 2 is 2.12 bits per heavy atom. The monoisotopic (exact) mass is 216 g/mol. The second kappa shape index (κ2) is 5.53. The molecule has 0 unspecified atom stereocenters. The molecule has 0 aliphatic rings. The summed E-state index contributed by atoms with van der Waals surface area (Å²) in [5.41, 5.74) is -0.0759. The molecule has 0 saturated heterocycles. The van der Waals surface area contributed by atoms with Crippen molar-refractivity contribution in [2.45, 2.75) is 0 Å². The predicted octanol–water partition coefficient (Wildman–Crippen LogP) is 1.42. The molecule has 1 amide bonds. The quantitative estimate of drug-likeness (QED) is 0.566. The lowest BCUT2D eigenvalue weighted by atomic mass is 10.2. The Bertz CT molecular complexity index is 455. The lowest BCUT2D eigenvalue weighted by molar-refractivity contribution is 0.0791. The summed E-state index contributed by atoms with van der Waals surface area (Å²) in [6.45, 7) is -0.169. The van der Waals surface area contributed by atoms with Crippen molar-refractivity contribution >= 4 is 5.91 Å². The van der Waals surface area contributed by atoms with Crippen molar-refractivity contribution in [1.82, 2.24) is 4.90 Å². The summed E-state index contributed by atoms with van der Waals surface area (Å²) in [4.78, 5) is 12.9. The average molecular weight is 216 g/mol. The van der Waals surface area contributed by atoms with Gasteiger partial charge in [0.25, 0.3) is 5.91 Å². The zero-order valence-corrected chi connectivity index (χ0v) is 8.48. The highest BCUT2D eigenvalue weighted by Crippen LogP contribution is 2.09. The molecule has 3 nitrogen and oxygen atoms in total.